The van der Waals surface area contributed by atoms with Gasteiger partial charge >= 0.3 is 5.69 Å². The zero-order chi connectivity index (χ0) is 22.4. The highest BCUT2D eigenvalue weighted by Crippen LogP contribution is 2.40. The number of aromatic nitrogens is 2. The molecule has 0 aliphatic carbocycles. The minimum Gasteiger partial charge on any atom is -0.357 e. The van der Waals surface area contributed by atoms with Crippen molar-refractivity contribution in [2.75, 3.05) is 6.61 Å². The first kappa shape index (κ1) is 22.0. The second-order valence-corrected chi connectivity index (χ2v) is 8.28. The highest BCUT2D eigenvalue weighted by Gasteiger charge is 2.37. The number of ether oxygens (including phenoxy) is 1. The summed E-state index contributed by atoms with van der Waals surface area (Å²) in [7, 11) is 0. The third-order valence-corrected chi connectivity index (χ3v) is 5.90. The lowest BCUT2D eigenvalue weighted by Gasteiger charge is -2.35. The van der Waals surface area contributed by atoms with Crippen molar-refractivity contribution in [3.8, 4) is 0 Å². The molecule has 0 bridgehead atoms. The molecule has 0 spiro atoms. The number of halogens is 1. The van der Waals surface area contributed by atoms with E-state index in [0.29, 0.717) is 3.57 Å². The number of hydrogen-bond donors (Lipinski definition) is 1. The van der Waals surface area contributed by atoms with E-state index in [2.05, 4.69) is 41.4 Å². The minimum absolute atomic E-state index is 0.237. The third kappa shape index (κ3) is 4.51. The molecule has 160 valence electrons. The van der Waals surface area contributed by atoms with E-state index in [4.69, 9.17) is 4.74 Å². The summed E-state index contributed by atoms with van der Waals surface area (Å²) in [5.74, 6) is 0. The Hall–Kier alpha value is -3.23. The van der Waals surface area contributed by atoms with Crippen molar-refractivity contribution in [1.29, 1.82) is 0 Å². The Balaban J connectivity index is 1.76. The third-order valence-electron chi connectivity index (χ3n) is 5.13. The Kier molecular flexibility index (Phi) is 6.82. The Morgan fingerprint density at radius 2 is 1.28 bits per heavy atom. The van der Waals surface area contributed by atoms with E-state index < -0.39 is 16.9 Å². The van der Waals surface area contributed by atoms with Crippen LogP contribution in [0.25, 0.3) is 6.20 Å². The average molecular weight is 536 g/mol. The minimum atomic E-state index is -0.835. The first-order valence-corrected chi connectivity index (χ1v) is 11.2. The molecule has 0 saturated heterocycles. The summed E-state index contributed by atoms with van der Waals surface area (Å²) in [6.45, 7) is 0.237. The molecule has 1 heterocycles. The largest absolute Gasteiger partial charge is 0.357 e. The molecule has 5 nitrogen and oxygen atoms in total. The van der Waals surface area contributed by atoms with E-state index in [-0.39, 0.29) is 6.61 Å². The first-order chi connectivity index (χ1) is 15.6. The van der Waals surface area contributed by atoms with E-state index in [1.165, 1.54) is 10.8 Å². The van der Waals surface area contributed by atoms with Crippen molar-refractivity contribution >= 4 is 28.8 Å². The number of hydrogen-bond acceptors (Lipinski definition) is 3. The van der Waals surface area contributed by atoms with Crippen LogP contribution >= 0.6 is 22.6 Å². The predicted molar refractivity (Wildman–Crippen MR) is 135 cm³/mol. The van der Waals surface area contributed by atoms with Gasteiger partial charge in [-0.05, 0) is 45.4 Å². The van der Waals surface area contributed by atoms with Gasteiger partial charge in [-0.1, -0.05) is 91.0 Å². The van der Waals surface area contributed by atoms with E-state index in [1.54, 1.807) is 12.3 Å². The van der Waals surface area contributed by atoms with Crippen LogP contribution in [0.4, 0.5) is 0 Å². The number of H-pyrrole nitrogens is 1. The zero-order valence-corrected chi connectivity index (χ0v) is 19.3. The van der Waals surface area contributed by atoms with Crippen LogP contribution < -0.4 is 11.2 Å². The van der Waals surface area contributed by atoms with Crippen molar-refractivity contribution in [2.24, 2.45) is 0 Å². The van der Waals surface area contributed by atoms with Gasteiger partial charge in [0.2, 0.25) is 0 Å². The maximum Gasteiger partial charge on any atom is 0.332 e. The van der Waals surface area contributed by atoms with Crippen molar-refractivity contribution in [3.63, 3.8) is 0 Å². The van der Waals surface area contributed by atoms with Crippen LogP contribution in [0.3, 0.4) is 0 Å². The van der Waals surface area contributed by atoms with Gasteiger partial charge in [0.15, 0.2) is 0 Å². The van der Waals surface area contributed by atoms with Crippen molar-refractivity contribution < 1.29 is 4.74 Å². The molecule has 1 N–H and O–H groups in total. The van der Waals surface area contributed by atoms with Crippen LogP contribution in [-0.2, 0) is 10.3 Å². The topological polar surface area (TPSA) is 64.1 Å². The van der Waals surface area contributed by atoms with Crippen molar-refractivity contribution in [2.45, 2.75) is 5.60 Å². The molecule has 6 heteroatoms. The Labute approximate surface area is 199 Å². The molecule has 4 rings (SSSR count). The standard InChI is InChI=1S/C26H21IN2O3/c27-23-19-29(25(31)28-24(23)30)17-10-18-32-26(20-11-4-1-5-12-20,21-13-6-2-7-14-21)22-15-8-3-9-16-22/h1-17,19H,18H2,(H,28,30,31)/b17-10-. The lowest BCUT2D eigenvalue weighted by molar-refractivity contribution is 0.0321. The van der Waals surface area contributed by atoms with Crippen LogP contribution in [0, 0.1) is 3.57 Å². The SMILES string of the molecule is O=c1[nH]c(=O)n(/C=C\COC(c2ccccc2)(c2ccccc2)c2ccccc2)cc1I. The van der Waals surface area contributed by atoms with Gasteiger partial charge in [-0.3, -0.25) is 14.3 Å². The zero-order valence-electron chi connectivity index (χ0n) is 17.1. The van der Waals surface area contributed by atoms with Gasteiger partial charge < -0.3 is 4.74 Å². The number of aromatic amines is 1. The Bertz CT molecular complexity index is 1220. The van der Waals surface area contributed by atoms with Gasteiger partial charge in [0.1, 0.15) is 5.60 Å². The molecule has 1 aromatic heterocycles. The van der Waals surface area contributed by atoms with Crippen molar-refractivity contribution in [3.05, 3.63) is 144 Å². The normalized spacial score (nSPS) is 11.7. The van der Waals surface area contributed by atoms with Crippen LogP contribution in [0.5, 0.6) is 0 Å². The second-order valence-electron chi connectivity index (χ2n) is 7.12. The van der Waals surface area contributed by atoms with Crippen LogP contribution in [0.2, 0.25) is 0 Å². The van der Waals surface area contributed by atoms with E-state index in [0.717, 1.165) is 16.7 Å². The lowest BCUT2D eigenvalue weighted by Crippen LogP contribution is -2.33. The summed E-state index contributed by atoms with van der Waals surface area (Å²) in [4.78, 5) is 26.0. The Morgan fingerprint density at radius 1 is 0.812 bits per heavy atom. The summed E-state index contributed by atoms with van der Waals surface area (Å²) in [5, 5.41) is 0. The van der Waals surface area contributed by atoms with Gasteiger partial charge in [0.25, 0.3) is 5.56 Å². The van der Waals surface area contributed by atoms with Gasteiger partial charge in [-0.2, -0.15) is 0 Å². The fraction of sp³-hybridized carbons (Fsp3) is 0.0769. The molecule has 0 aliphatic heterocycles. The summed E-state index contributed by atoms with van der Waals surface area (Å²) >= 11 is 1.90. The summed E-state index contributed by atoms with van der Waals surface area (Å²) in [6.07, 6.45) is 4.86. The fourth-order valence-electron chi connectivity index (χ4n) is 3.67. The molecule has 4 aromatic rings. The molecule has 0 atom stereocenters. The van der Waals surface area contributed by atoms with E-state index >= 15 is 0 Å². The number of nitrogens with zero attached hydrogens (tertiary/aromatic N) is 1. The predicted octanol–water partition coefficient (Wildman–Crippen LogP) is 4.62. The molecule has 0 amide bonds. The quantitative estimate of drug-likeness (QED) is 0.277. The summed E-state index contributed by atoms with van der Waals surface area (Å²) < 4.78 is 8.39. The first-order valence-electron chi connectivity index (χ1n) is 10.1. The number of nitrogens with one attached hydrogen (secondary N) is 1. The molecular formula is C26H21IN2O3. The second kappa shape index (κ2) is 9.93. The smallest absolute Gasteiger partial charge is 0.332 e. The van der Waals surface area contributed by atoms with Crippen LogP contribution in [-0.4, -0.2) is 16.2 Å². The van der Waals surface area contributed by atoms with Gasteiger partial charge in [0.05, 0.1) is 10.2 Å². The highest BCUT2D eigenvalue weighted by atomic mass is 127. The molecule has 0 fully saturated rings. The van der Waals surface area contributed by atoms with Gasteiger partial charge in [0, 0.05) is 12.4 Å². The molecule has 0 aliphatic rings. The molecule has 0 unspecified atom stereocenters. The Morgan fingerprint density at radius 3 is 1.75 bits per heavy atom. The lowest BCUT2D eigenvalue weighted by atomic mass is 9.80. The van der Waals surface area contributed by atoms with Gasteiger partial charge in [-0.25, -0.2) is 4.79 Å². The van der Waals surface area contributed by atoms with Crippen molar-refractivity contribution in [1.82, 2.24) is 9.55 Å². The van der Waals surface area contributed by atoms with Gasteiger partial charge in [-0.15, -0.1) is 0 Å². The molecule has 0 saturated carbocycles. The molecular weight excluding hydrogens is 515 g/mol. The monoisotopic (exact) mass is 536 g/mol. The van der Waals surface area contributed by atoms with Crippen LogP contribution in [0.1, 0.15) is 16.7 Å². The van der Waals surface area contributed by atoms with Crippen LogP contribution in [0.15, 0.2) is 113 Å². The summed E-state index contributed by atoms with van der Waals surface area (Å²) in [6, 6.07) is 30.2. The molecule has 32 heavy (non-hydrogen) atoms. The maximum atomic E-state index is 12.1. The average Bonchev–Trinajstić information content (AvgIpc) is 2.84. The fourth-order valence-corrected chi connectivity index (χ4v) is 4.10. The highest BCUT2D eigenvalue weighted by molar-refractivity contribution is 14.1. The summed E-state index contributed by atoms with van der Waals surface area (Å²) in [5.41, 5.74) is 1.28. The maximum absolute atomic E-state index is 12.1. The molecule has 3 aromatic carbocycles. The van der Waals surface area contributed by atoms with E-state index in [9.17, 15) is 9.59 Å². The van der Waals surface area contributed by atoms with E-state index in [1.807, 2.05) is 77.2 Å². The number of rotatable bonds is 7. The molecule has 0 radical (unpaired) electrons. The number of benzene rings is 3.